The van der Waals surface area contributed by atoms with Crippen LogP contribution in [0.2, 0.25) is 0 Å². The average Bonchev–Trinajstić information content (AvgIpc) is 3.14. The first-order valence-electron chi connectivity index (χ1n) is 15.9. The number of hydrogen-bond donors (Lipinski definition) is 0. The van der Waals surface area contributed by atoms with E-state index in [-0.39, 0.29) is 0 Å². The van der Waals surface area contributed by atoms with Crippen molar-refractivity contribution in [3.8, 4) is 22.5 Å². The Balaban J connectivity index is 1.15. The van der Waals surface area contributed by atoms with E-state index < -0.39 is 0 Å². The smallest absolute Gasteiger partial charge is 0.361 e. The molecule has 0 N–H and O–H groups in total. The summed E-state index contributed by atoms with van der Waals surface area (Å²) in [7, 11) is 0. The second-order valence-electron chi connectivity index (χ2n) is 11.4. The van der Waals surface area contributed by atoms with Gasteiger partial charge >= 0.3 is 11.5 Å². The van der Waals surface area contributed by atoms with E-state index in [1.54, 1.807) is 0 Å². The molecule has 0 radical (unpaired) electrons. The Labute approximate surface area is 271 Å². The molecule has 2 heterocycles. The van der Waals surface area contributed by atoms with Gasteiger partial charge in [0.2, 0.25) is 0 Å². The van der Waals surface area contributed by atoms with Crippen LogP contribution >= 0.6 is 0 Å². The lowest BCUT2D eigenvalue weighted by molar-refractivity contribution is 0.398. The highest BCUT2D eigenvalue weighted by Gasteiger charge is 2.31. The highest BCUT2D eigenvalue weighted by molar-refractivity contribution is 5.85. The van der Waals surface area contributed by atoms with E-state index in [2.05, 4.69) is 127 Å². The van der Waals surface area contributed by atoms with Gasteiger partial charge in [-0.25, -0.2) is 4.42 Å². The summed E-state index contributed by atoms with van der Waals surface area (Å²) >= 11 is 0. The Hall–Kier alpha value is -5.73. The molecule has 0 fully saturated rings. The third-order valence-electron chi connectivity index (χ3n) is 8.26. The van der Waals surface area contributed by atoms with Crippen LogP contribution in [0.25, 0.3) is 39.4 Å². The molecular formula is C44H35O2+. The zero-order chi connectivity index (χ0) is 31.0. The van der Waals surface area contributed by atoms with E-state index in [9.17, 15) is 0 Å². The van der Waals surface area contributed by atoms with E-state index in [0.29, 0.717) is 0 Å². The number of ether oxygens (including phenoxy) is 1. The fourth-order valence-corrected chi connectivity index (χ4v) is 5.99. The number of hydrogen-bond acceptors (Lipinski definition) is 1. The summed E-state index contributed by atoms with van der Waals surface area (Å²) in [5.74, 6) is 3.52. The second kappa shape index (κ2) is 13.9. The van der Waals surface area contributed by atoms with Crippen molar-refractivity contribution in [1.82, 2.24) is 0 Å². The molecule has 2 nitrogen and oxygen atoms in total. The second-order valence-corrected chi connectivity index (χ2v) is 11.4. The van der Waals surface area contributed by atoms with Gasteiger partial charge in [0.15, 0.2) is 0 Å². The van der Waals surface area contributed by atoms with E-state index in [0.717, 1.165) is 64.6 Å². The van der Waals surface area contributed by atoms with E-state index >= 15 is 0 Å². The van der Waals surface area contributed by atoms with Crippen LogP contribution in [0.5, 0.6) is 0 Å². The highest BCUT2D eigenvalue weighted by atomic mass is 16.5. The normalized spacial score (nSPS) is 16.3. The summed E-state index contributed by atoms with van der Waals surface area (Å²) in [6, 6.07) is 43.9. The van der Waals surface area contributed by atoms with Crippen molar-refractivity contribution in [3.63, 3.8) is 0 Å². The molecule has 5 aromatic rings. The topological polar surface area (TPSA) is 20.5 Å². The van der Waals surface area contributed by atoms with Gasteiger partial charge < -0.3 is 4.74 Å². The molecule has 1 aromatic heterocycles. The summed E-state index contributed by atoms with van der Waals surface area (Å²) in [6.07, 6.45) is 19.7. The van der Waals surface area contributed by atoms with Gasteiger partial charge in [0.25, 0.3) is 0 Å². The van der Waals surface area contributed by atoms with Gasteiger partial charge in [-0.3, -0.25) is 0 Å². The van der Waals surface area contributed by atoms with E-state index in [1.165, 1.54) is 22.3 Å². The SMILES string of the molecule is C(C=CC=C1CCCc2c(-c3ccccc3)cc(-c3ccccc3)[o+]c21)=CC=C1C=C(c2ccccc2)C=C(c2ccccc2)O1. The Bertz CT molecular complexity index is 1990. The van der Waals surface area contributed by atoms with E-state index in [4.69, 9.17) is 9.15 Å². The molecule has 0 saturated carbocycles. The minimum absolute atomic E-state index is 0.796. The van der Waals surface area contributed by atoms with Crippen molar-refractivity contribution in [2.75, 3.05) is 0 Å². The maximum atomic E-state index is 6.65. The Morgan fingerprint density at radius 3 is 1.80 bits per heavy atom. The molecule has 0 bridgehead atoms. The van der Waals surface area contributed by atoms with Crippen LogP contribution < -0.4 is 0 Å². The fraction of sp³-hybridized carbons (Fsp3) is 0.0682. The van der Waals surface area contributed by atoms with Gasteiger partial charge in [-0.1, -0.05) is 133 Å². The standard InChI is InChI=1S/C44H35O2/c1(2-16-28-39-30-38(33-18-8-3-9-19-33)31-42(45-39)35-22-12-5-13-23-35)7-26-37-27-17-29-40-41(34-20-10-4-11-21-34)32-43(46-44(37)40)36-24-14-6-15-25-36/h1-16,18-26,28,30-32H,17,27,29H2/q+1. The molecular weight excluding hydrogens is 560 g/mol. The van der Waals surface area contributed by atoms with Crippen LogP contribution in [0.1, 0.15) is 35.3 Å². The zero-order valence-electron chi connectivity index (χ0n) is 25.7. The molecule has 46 heavy (non-hydrogen) atoms. The lowest BCUT2D eigenvalue weighted by atomic mass is 9.86. The maximum absolute atomic E-state index is 6.65. The minimum Gasteiger partial charge on any atom is -0.457 e. The molecule has 0 unspecified atom stereocenters. The van der Waals surface area contributed by atoms with Crippen LogP contribution in [0.15, 0.2) is 186 Å². The first kappa shape index (κ1) is 29.0. The van der Waals surface area contributed by atoms with Gasteiger partial charge in [0, 0.05) is 11.1 Å². The van der Waals surface area contributed by atoms with Crippen LogP contribution in [-0.2, 0) is 11.2 Å². The lowest BCUT2D eigenvalue weighted by Crippen LogP contribution is -2.05. The van der Waals surface area contributed by atoms with Crippen LogP contribution in [0.3, 0.4) is 0 Å². The molecule has 2 heteroatoms. The Kier molecular flexibility index (Phi) is 8.78. The Morgan fingerprint density at radius 2 is 1.13 bits per heavy atom. The van der Waals surface area contributed by atoms with Gasteiger partial charge in [-0.05, 0) is 72.4 Å². The van der Waals surface area contributed by atoms with E-state index in [1.807, 2.05) is 48.6 Å². The minimum atomic E-state index is 0.796. The summed E-state index contributed by atoms with van der Waals surface area (Å²) in [5, 5.41) is 0. The molecule has 1 aliphatic carbocycles. The molecule has 0 spiro atoms. The summed E-state index contributed by atoms with van der Waals surface area (Å²) < 4.78 is 13.0. The summed E-state index contributed by atoms with van der Waals surface area (Å²) in [6.45, 7) is 0. The summed E-state index contributed by atoms with van der Waals surface area (Å²) in [4.78, 5) is 0. The molecule has 4 aromatic carbocycles. The van der Waals surface area contributed by atoms with Gasteiger partial charge in [0.1, 0.15) is 11.5 Å². The van der Waals surface area contributed by atoms with Crippen LogP contribution in [0, 0.1) is 0 Å². The quantitative estimate of drug-likeness (QED) is 0.138. The van der Waals surface area contributed by atoms with Crippen LogP contribution in [-0.4, -0.2) is 0 Å². The van der Waals surface area contributed by atoms with Gasteiger partial charge in [-0.2, -0.15) is 0 Å². The fourth-order valence-electron chi connectivity index (χ4n) is 5.99. The molecule has 0 amide bonds. The van der Waals surface area contributed by atoms with Gasteiger partial charge in [0.05, 0.1) is 22.8 Å². The van der Waals surface area contributed by atoms with Crippen molar-refractivity contribution in [2.24, 2.45) is 0 Å². The first-order chi connectivity index (χ1) is 22.8. The van der Waals surface area contributed by atoms with Crippen molar-refractivity contribution >= 4 is 16.9 Å². The third-order valence-corrected chi connectivity index (χ3v) is 8.26. The zero-order valence-corrected chi connectivity index (χ0v) is 25.7. The van der Waals surface area contributed by atoms with Crippen molar-refractivity contribution in [2.45, 2.75) is 19.3 Å². The molecule has 222 valence electrons. The maximum Gasteiger partial charge on any atom is 0.361 e. The van der Waals surface area contributed by atoms with Gasteiger partial charge in [-0.15, -0.1) is 0 Å². The average molecular weight is 596 g/mol. The highest BCUT2D eigenvalue weighted by Crippen LogP contribution is 2.40. The number of rotatable bonds is 7. The predicted octanol–water partition coefficient (Wildman–Crippen LogP) is 11.8. The lowest BCUT2D eigenvalue weighted by Gasteiger charge is -2.18. The summed E-state index contributed by atoms with van der Waals surface area (Å²) in [5.41, 5.74) is 9.39. The third kappa shape index (κ3) is 6.67. The van der Waals surface area contributed by atoms with Crippen molar-refractivity contribution in [1.29, 1.82) is 0 Å². The largest absolute Gasteiger partial charge is 0.457 e. The number of fused-ring (bicyclic) bond motifs is 1. The van der Waals surface area contributed by atoms with Crippen LogP contribution in [0.4, 0.5) is 0 Å². The first-order valence-corrected chi connectivity index (χ1v) is 15.9. The molecule has 0 atom stereocenters. The van der Waals surface area contributed by atoms with Crippen molar-refractivity contribution < 1.29 is 9.15 Å². The molecule has 1 aliphatic heterocycles. The monoisotopic (exact) mass is 595 g/mol. The predicted molar refractivity (Wildman–Crippen MR) is 191 cm³/mol. The Morgan fingerprint density at radius 1 is 0.543 bits per heavy atom. The molecule has 2 aliphatic rings. The number of benzene rings is 4. The number of allylic oxidation sites excluding steroid dienone is 10. The molecule has 0 saturated heterocycles. The van der Waals surface area contributed by atoms with Crippen molar-refractivity contribution in [3.05, 3.63) is 204 Å². The molecule has 7 rings (SSSR count).